The second-order valence-corrected chi connectivity index (χ2v) is 9.07. The van der Waals surface area contributed by atoms with Crippen molar-refractivity contribution in [1.29, 1.82) is 0 Å². The van der Waals surface area contributed by atoms with E-state index in [1.165, 1.54) is 4.88 Å². The largest absolute Gasteiger partial charge is 0.296 e. The molecule has 0 bridgehead atoms. The zero-order chi connectivity index (χ0) is 16.3. The van der Waals surface area contributed by atoms with E-state index in [0.29, 0.717) is 18.1 Å². The molecule has 0 amide bonds. The number of hydrogen-bond acceptors (Lipinski definition) is 4. The van der Waals surface area contributed by atoms with Crippen LogP contribution in [0.15, 0.2) is 41.8 Å². The summed E-state index contributed by atoms with van der Waals surface area (Å²) in [6.07, 6.45) is 0. The lowest BCUT2D eigenvalue weighted by molar-refractivity contribution is 0.183. The number of nitrogens with zero attached hydrogens (tertiary/aromatic N) is 2. The summed E-state index contributed by atoms with van der Waals surface area (Å²) in [5.74, 6) is 0.0368. The van der Waals surface area contributed by atoms with Gasteiger partial charge in [0.1, 0.15) is 0 Å². The van der Waals surface area contributed by atoms with Crippen molar-refractivity contribution in [1.82, 2.24) is 9.21 Å². The van der Waals surface area contributed by atoms with Crippen LogP contribution in [0.25, 0.3) is 0 Å². The molecule has 2 heterocycles. The summed E-state index contributed by atoms with van der Waals surface area (Å²) in [7, 11) is -3.27. The Bertz CT molecular complexity index is 722. The van der Waals surface area contributed by atoms with Crippen molar-refractivity contribution in [3.8, 4) is 0 Å². The smallest absolute Gasteiger partial charge is 0.218 e. The van der Waals surface area contributed by atoms with Gasteiger partial charge in [0.15, 0.2) is 0 Å². The second-order valence-electron chi connectivity index (χ2n) is 5.64. The van der Waals surface area contributed by atoms with E-state index >= 15 is 0 Å². The van der Waals surface area contributed by atoms with Gasteiger partial charge in [-0.15, -0.1) is 11.3 Å². The highest BCUT2D eigenvalue weighted by Gasteiger charge is 2.27. The Hall–Kier alpha value is -0.920. The third-order valence-corrected chi connectivity index (χ3v) is 6.91. The molecule has 4 nitrogen and oxygen atoms in total. The molecular formula is C16H19ClN2O2S2. The van der Waals surface area contributed by atoms with Crippen molar-refractivity contribution >= 4 is 33.0 Å². The minimum atomic E-state index is -3.27. The van der Waals surface area contributed by atoms with Gasteiger partial charge in [-0.2, -0.15) is 4.31 Å². The van der Waals surface area contributed by atoms with E-state index in [-0.39, 0.29) is 5.75 Å². The van der Waals surface area contributed by atoms with Crippen LogP contribution in [-0.4, -0.2) is 43.8 Å². The molecule has 2 aromatic rings. The lowest BCUT2D eigenvalue weighted by Crippen LogP contribution is -2.48. The number of sulfonamides is 1. The quantitative estimate of drug-likeness (QED) is 0.812. The van der Waals surface area contributed by atoms with Crippen LogP contribution in [0.2, 0.25) is 5.02 Å². The van der Waals surface area contributed by atoms with E-state index in [0.717, 1.165) is 25.2 Å². The predicted molar refractivity (Wildman–Crippen MR) is 95.2 cm³/mol. The standard InChI is InChI=1S/C16H19ClN2O2S2/c17-15-5-3-14(4-6-15)13-23(20,21)19-9-7-18(8-10-19)12-16-2-1-11-22-16/h1-6,11H,7-10,12-13H2. The van der Waals surface area contributed by atoms with E-state index in [1.807, 2.05) is 6.07 Å². The van der Waals surface area contributed by atoms with Crippen molar-refractivity contribution < 1.29 is 8.42 Å². The maximum absolute atomic E-state index is 12.5. The molecule has 0 unspecified atom stereocenters. The summed E-state index contributed by atoms with van der Waals surface area (Å²) in [6, 6.07) is 11.2. The van der Waals surface area contributed by atoms with Crippen LogP contribution in [0.3, 0.4) is 0 Å². The number of hydrogen-bond donors (Lipinski definition) is 0. The Morgan fingerprint density at radius 1 is 1.04 bits per heavy atom. The number of piperazine rings is 1. The lowest BCUT2D eigenvalue weighted by atomic mass is 10.2. The van der Waals surface area contributed by atoms with E-state index in [2.05, 4.69) is 16.3 Å². The molecule has 1 fully saturated rings. The van der Waals surface area contributed by atoms with Crippen LogP contribution in [0.5, 0.6) is 0 Å². The third-order valence-electron chi connectivity index (χ3n) is 3.95. The molecule has 0 saturated carbocycles. The fourth-order valence-electron chi connectivity index (χ4n) is 2.67. The van der Waals surface area contributed by atoms with E-state index in [1.54, 1.807) is 39.9 Å². The number of rotatable bonds is 5. The summed E-state index contributed by atoms with van der Waals surface area (Å²) in [5.41, 5.74) is 0.774. The summed E-state index contributed by atoms with van der Waals surface area (Å²) in [4.78, 5) is 3.63. The van der Waals surface area contributed by atoms with Crippen molar-refractivity contribution in [3.05, 3.63) is 57.2 Å². The number of halogens is 1. The van der Waals surface area contributed by atoms with E-state index < -0.39 is 10.0 Å². The first-order valence-electron chi connectivity index (χ1n) is 7.50. The Balaban J connectivity index is 1.56. The van der Waals surface area contributed by atoms with Gasteiger partial charge in [0.2, 0.25) is 10.0 Å². The van der Waals surface area contributed by atoms with Crippen LogP contribution in [-0.2, 0) is 22.3 Å². The fraction of sp³-hybridized carbons (Fsp3) is 0.375. The van der Waals surface area contributed by atoms with Crippen molar-refractivity contribution in [3.63, 3.8) is 0 Å². The zero-order valence-corrected chi connectivity index (χ0v) is 15.1. The SMILES string of the molecule is O=S(=O)(Cc1ccc(Cl)cc1)N1CCN(Cc2cccs2)CC1. The van der Waals surface area contributed by atoms with Gasteiger partial charge < -0.3 is 0 Å². The van der Waals surface area contributed by atoms with E-state index in [9.17, 15) is 8.42 Å². The van der Waals surface area contributed by atoms with Gasteiger partial charge in [-0.05, 0) is 29.1 Å². The average molecular weight is 371 g/mol. The minimum Gasteiger partial charge on any atom is -0.296 e. The maximum Gasteiger partial charge on any atom is 0.218 e. The molecule has 0 aliphatic carbocycles. The molecule has 1 aromatic heterocycles. The summed E-state index contributed by atoms with van der Waals surface area (Å²) < 4.78 is 26.7. The average Bonchev–Trinajstić information content (AvgIpc) is 3.03. The van der Waals surface area contributed by atoms with Gasteiger partial charge in [-0.3, -0.25) is 4.90 Å². The second kappa shape index (κ2) is 7.32. The topological polar surface area (TPSA) is 40.6 Å². The molecule has 1 aliphatic heterocycles. The Kier molecular flexibility index (Phi) is 5.38. The molecule has 0 spiro atoms. The molecule has 0 N–H and O–H groups in total. The van der Waals surface area contributed by atoms with Gasteiger partial charge >= 0.3 is 0 Å². The molecule has 0 atom stereocenters. The normalized spacial score (nSPS) is 17.4. The summed E-state index contributed by atoms with van der Waals surface area (Å²) in [6.45, 7) is 3.57. The molecule has 1 saturated heterocycles. The van der Waals surface area contributed by atoms with E-state index in [4.69, 9.17) is 11.6 Å². The highest BCUT2D eigenvalue weighted by Crippen LogP contribution is 2.18. The highest BCUT2D eigenvalue weighted by atomic mass is 35.5. The Morgan fingerprint density at radius 2 is 1.74 bits per heavy atom. The highest BCUT2D eigenvalue weighted by molar-refractivity contribution is 7.88. The Labute approximate surface area is 146 Å². The molecule has 1 aliphatic rings. The molecule has 3 rings (SSSR count). The maximum atomic E-state index is 12.5. The van der Waals surface area contributed by atoms with Crippen LogP contribution in [0.4, 0.5) is 0 Å². The van der Waals surface area contributed by atoms with Crippen LogP contribution >= 0.6 is 22.9 Å². The zero-order valence-electron chi connectivity index (χ0n) is 12.7. The van der Waals surface area contributed by atoms with Gasteiger partial charge in [-0.25, -0.2) is 8.42 Å². The first-order chi connectivity index (χ1) is 11.0. The monoisotopic (exact) mass is 370 g/mol. The molecule has 1 aromatic carbocycles. The molecular weight excluding hydrogens is 352 g/mol. The fourth-order valence-corrected chi connectivity index (χ4v) is 5.06. The number of benzene rings is 1. The van der Waals surface area contributed by atoms with Gasteiger partial charge in [-0.1, -0.05) is 29.8 Å². The minimum absolute atomic E-state index is 0.0368. The lowest BCUT2D eigenvalue weighted by Gasteiger charge is -2.33. The molecule has 23 heavy (non-hydrogen) atoms. The van der Waals surface area contributed by atoms with Gasteiger partial charge in [0, 0.05) is 42.6 Å². The molecule has 0 radical (unpaired) electrons. The van der Waals surface area contributed by atoms with Crippen LogP contribution in [0, 0.1) is 0 Å². The van der Waals surface area contributed by atoms with Crippen molar-refractivity contribution in [2.24, 2.45) is 0 Å². The van der Waals surface area contributed by atoms with Crippen molar-refractivity contribution in [2.45, 2.75) is 12.3 Å². The molecule has 124 valence electrons. The van der Waals surface area contributed by atoms with Crippen LogP contribution < -0.4 is 0 Å². The first kappa shape index (κ1) is 16.9. The third kappa shape index (κ3) is 4.55. The number of thiophene rings is 1. The predicted octanol–water partition coefficient (Wildman–Crippen LogP) is 3.05. The van der Waals surface area contributed by atoms with Crippen LogP contribution in [0.1, 0.15) is 10.4 Å². The summed E-state index contributed by atoms with van der Waals surface area (Å²) in [5, 5.41) is 2.69. The summed E-state index contributed by atoms with van der Waals surface area (Å²) >= 11 is 7.58. The molecule has 7 heteroatoms. The first-order valence-corrected chi connectivity index (χ1v) is 10.4. The van der Waals surface area contributed by atoms with Crippen molar-refractivity contribution in [2.75, 3.05) is 26.2 Å². The van der Waals surface area contributed by atoms with Gasteiger partial charge in [0.05, 0.1) is 5.75 Å². The van der Waals surface area contributed by atoms with Gasteiger partial charge in [0.25, 0.3) is 0 Å². The Morgan fingerprint density at radius 3 is 2.35 bits per heavy atom.